The van der Waals surface area contributed by atoms with Crippen LogP contribution in [-0.2, 0) is 4.74 Å². The van der Waals surface area contributed by atoms with Crippen LogP contribution in [0, 0.1) is 10.1 Å². The predicted octanol–water partition coefficient (Wildman–Crippen LogP) is 2.20. The minimum atomic E-state index is -0.555. The maximum atomic E-state index is 10.8. The Morgan fingerprint density at radius 2 is 2.24 bits per heavy atom. The third-order valence-electron chi connectivity index (χ3n) is 2.66. The molecule has 1 heterocycles. The number of aromatic nitrogens is 1. The lowest BCUT2D eigenvalue weighted by atomic mass is 9.92. The van der Waals surface area contributed by atoms with Crippen LogP contribution in [0.25, 0.3) is 0 Å². The number of nitrogens with zero attached hydrogens (tertiary/aromatic N) is 2. The molecule has 1 fully saturated rings. The first-order chi connectivity index (χ1) is 8.10. The minimum absolute atomic E-state index is 0.0129. The second-order valence-corrected chi connectivity index (χ2v) is 4.24. The summed E-state index contributed by atoms with van der Waals surface area (Å²) in [6.45, 7) is 0. The molecule has 1 saturated carbocycles. The van der Waals surface area contributed by atoms with E-state index in [2.05, 4.69) is 4.98 Å². The Hall–Kier alpha value is -1.40. The molecular formula is C10H11ClN2O4. The Balaban J connectivity index is 2.08. The van der Waals surface area contributed by atoms with Gasteiger partial charge in [-0.15, -0.1) is 0 Å². The van der Waals surface area contributed by atoms with Crippen LogP contribution in [0.3, 0.4) is 0 Å². The number of methoxy groups -OCH3 is 1. The summed E-state index contributed by atoms with van der Waals surface area (Å²) in [5, 5.41) is 11.0. The number of hydrogen-bond donors (Lipinski definition) is 0. The third-order valence-corrected chi connectivity index (χ3v) is 2.87. The van der Waals surface area contributed by atoms with Crippen molar-refractivity contribution < 1.29 is 14.4 Å². The molecule has 0 spiro atoms. The van der Waals surface area contributed by atoms with Gasteiger partial charge in [0.25, 0.3) is 5.88 Å². The van der Waals surface area contributed by atoms with Crippen molar-refractivity contribution in [2.75, 3.05) is 7.11 Å². The van der Waals surface area contributed by atoms with Gasteiger partial charge < -0.3 is 9.47 Å². The molecule has 92 valence electrons. The molecule has 0 N–H and O–H groups in total. The molecule has 0 radical (unpaired) electrons. The van der Waals surface area contributed by atoms with Crippen LogP contribution >= 0.6 is 11.6 Å². The molecule has 0 aliphatic heterocycles. The van der Waals surface area contributed by atoms with E-state index in [4.69, 9.17) is 21.1 Å². The lowest BCUT2D eigenvalue weighted by Gasteiger charge is -2.33. The molecule has 0 saturated heterocycles. The molecule has 17 heavy (non-hydrogen) atoms. The highest BCUT2D eigenvalue weighted by Gasteiger charge is 2.33. The largest absolute Gasteiger partial charge is 0.469 e. The van der Waals surface area contributed by atoms with E-state index < -0.39 is 4.92 Å². The van der Waals surface area contributed by atoms with Crippen LogP contribution < -0.4 is 4.74 Å². The minimum Gasteiger partial charge on any atom is -0.469 e. The summed E-state index contributed by atoms with van der Waals surface area (Å²) in [7, 11) is 1.63. The molecule has 0 aromatic carbocycles. The highest BCUT2D eigenvalue weighted by molar-refractivity contribution is 6.30. The van der Waals surface area contributed by atoms with Crippen molar-refractivity contribution in [3.63, 3.8) is 0 Å². The first-order valence-electron chi connectivity index (χ1n) is 5.09. The monoisotopic (exact) mass is 258 g/mol. The summed E-state index contributed by atoms with van der Waals surface area (Å²) in [6, 6.07) is 1.23. The lowest BCUT2D eigenvalue weighted by Crippen LogP contribution is -2.39. The summed E-state index contributed by atoms with van der Waals surface area (Å²) in [6.07, 6.45) is 2.87. The van der Waals surface area contributed by atoms with Gasteiger partial charge in [0, 0.05) is 26.0 Å². The van der Waals surface area contributed by atoms with E-state index in [9.17, 15) is 10.1 Å². The maximum absolute atomic E-state index is 10.8. The average molecular weight is 259 g/mol. The molecule has 0 atom stereocenters. The molecule has 0 bridgehead atoms. The summed E-state index contributed by atoms with van der Waals surface area (Å²) in [5.74, 6) is 0.0129. The molecule has 0 amide bonds. The van der Waals surface area contributed by atoms with Crippen LogP contribution in [-0.4, -0.2) is 29.2 Å². The van der Waals surface area contributed by atoms with Gasteiger partial charge in [0.1, 0.15) is 6.10 Å². The van der Waals surface area contributed by atoms with Gasteiger partial charge >= 0.3 is 5.69 Å². The van der Waals surface area contributed by atoms with Gasteiger partial charge in [-0.3, -0.25) is 10.1 Å². The second kappa shape index (κ2) is 4.85. The van der Waals surface area contributed by atoms with E-state index in [1.165, 1.54) is 12.3 Å². The van der Waals surface area contributed by atoms with E-state index in [1.54, 1.807) is 7.11 Å². The fourth-order valence-electron chi connectivity index (χ4n) is 1.60. The van der Waals surface area contributed by atoms with Crippen molar-refractivity contribution in [2.24, 2.45) is 0 Å². The normalized spacial score (nSPS) is 22.9. The van der Waals surface area contributed by atoms with E-state index in [0.717, 1.165) is 12.8 Å². The number of nitro groups is 1. The van der Waals surface area contributed by atoms with Gasteiger partial charge in [0.2, 0.25) is 0 Å². The molecule has 1 aliphatic rings. The Kier molecular flexibility index (Phi) is 3.44. The van der Waals surface area contributed by atoms with E-state index in [1.807, 2.05) is 0 Å². The number of ether oxygens (including phenoxy) is 2. The maximum Gasteiger partial charge on any atom is 0.332 e. The summed E-state index contributed by atoms with van der Waals surface area (Å²) >= 11 is 5.65. The van der Waals surface area contributed by atoms with Crippen molar-refractivity contribution >= 4 is 17.3 Å². The SMILES string of the molecule is CO[C@H]1C[C@@H](Oc2ncc(Cl)cc2[N+](=O)[O-])C1. The Bertz CT molecular complexity index is 434. The van der Waals surface area contributed by atoms with Crippen LogP contribution in [0.5, 0.6) is 5.88 Å². The fraction of sp³-hybridized carbons (Fsp3) is 0.500. The second-order valence-electron chi connectivity index (χ2n) is 3.80. The zero-order valence-electron chi connectivity index (χ0n) is 9.13. The number of halogens is 1. The highest BCUT2D eigenvalue weighted by Crippen LogP contribution is 2.32. The van der Waals surface area contributed by atoms with Crippen molar-refractivity contribution in [1.29, 1.82) is 0 Å². The molecule has 1 aromatic heterocycles. The van der Waals surface area contributed by atoms with Crippen LogP contribution in [0.15, 0.2) is 12.3 Å². The number of pyridine rings is 1. The Labute approximate surface area is 103 Å². The Morgan fingerprint density at radius 1 is 1.53 bits per heavy atom. The zero-order chi connectivity index (χ0) is 12.4. The van der Waals surface area contributed by atoms with Gasteiger partial charge in [-0.1, -0.05) is 11.6 Å². The average Bonchev–Trinajstić information content (AvgIpc) is 2.24. The summed E-state index contributed by atoms with van der Waals surface area (Å²) in [4.78, 5) is 14.1. The van der Waals surface area contributed by atoms with E-state index in [-0.39, 0.29) is 28.8 Å². The van der Waals surface area contributed by atoms with Crippen molar-refractivity contribution in [3.8, 4) is 5.88 Å². The molecule has 1 aliphatic carbocycles. The van der Waals surface area contributed by atoms with Crippen LogP contribution in [0.4, 0.5) is 5.69 Å². The first kappa shape index (κ1) is 12.1. The van der Waals surface area contributed by atoms with Crippen molar-refractivity contribution in [3.05, 3.63) is 27.4 Å². The van der Waals surface area contributed by atoms with E-state index in [0.29, 0.717) is 0 Å². The molecule has 7 heteroatoms. The highest BCUT2D eigenvalue weighted by atomic mass is 35.5. The van der Waals surface area contributed by atoms with Crippen LogP contribution in [0.1, 0.15) is 12.8 Å². The van der Waals surface area contributed by atoms with Gasteiger partial charge in [0.05, 0.1) is 22.2 Å². The fourth-order valence-corrected chi connectivity index (χ4v) is 1.75. The quantitative estimate of drug-likeness (QED) is 0.611. The van der Waals surface area contributed by atoms with Gasteiger partial charge in [-0.05, 0) is 0 Å². The third kappa shape index (κ3) is 2.65. The summed E-state index contributed by atoms with van der Waals surface area (Å²) < 4.78 is 10.5. The molecule has 1 aromatic rings. The van der Waals surface area contributed by atoms with Gasteiger partial charge in [0.15, 0.2) is 0 Å². The predicted molar refractivity (Wildman–Crippen MR) is 60.3 cm³/mol. The van der Waals surface area contributed by atoms with Crippen molar-refractivity contribution in [1.82, 2.24) is 4.98 Å². The molecule has 2 rings (SSSR count). The van der Waals surface area contributed by atoms with Gasteiger partial charge in [-0.2, -0.15) is 0 Å². The van der Waals surface area contributed by atoms with E-state index >= 15 is 0 Å². The van der Waals surface area contributed by atoms with Gasteiger partial charge in [-0.25, -0.2) is 4.98 Å². The number of rotatable bonds is 4. The lowest BCUT2D eigenvalue weighted by molar-refractivity contribution is -0.386. The smallest absolute Gasteiger partial charge is 0.332 e. The topological polar surface area (TPSA) is 74.5 Å². The molecule has 6 nitrogen and oxygen atoms in total. The molecule has 0 unspecified atom stereocenters. The standard InChI is InChI=1S/C10H11ClN2O4/c1-16-7-3-8(4-7)17-10-9(13(14)15)2-6(11)5-12-10/h2,5,7-8H,3-4H2,1H3/t7-,8+. The molecular weight excluding hydrogens is 248 g/mol. The van der Waals surface area contributed by atoms with Crippen molar-refractivity contribution in [2.45, 2.75) is 25.0 Å². The van der Waals surface area contributed by atoms with Crippen LogP contribution in [0.2, 0.25) is 5.02 Å². The zero-order valence-corrected chi connectivity index (χ0v) is 9.88. The Morgan fingerprint density at radius 3 is 2.82 bits per heavy atom. The number of hydrogen-bond acceptors (Lipinski definition) is 5. The summed E-state index contributed by atoms with van der Waals surface area (Å²) in [5.41, 5.74) is -0.210. The first-order valence-corrected chi connectivity index (χ1v) is 5.47.